The molecule has 0 heterocycles. The van der Waals surface area contributed by atoms with Gasteiger partial charge in [-0.25, -0.2) is 0 Å². The van der Waals surface area contributed by atoms with Crippen LogP contribution >= 0.6 is 12.2 Å². The van der Waals surface area contributed by atoms with Crippen LogP contribution in [0.25, 0.3) is 0 Å². The summed E-state index contributed by atoms with van der Waals surface area (Å²) >= 11 is 5.57. The zero-order chi connectivity index (χ0) is 18.5. The highest BCUT2D eigenvalue weighted by Crippen LogP contribution is 2.21. The van der Waals surface area contributed by atoms with Crippen molar-refractivity contribution in [3.05, 3.63) is 71.8 Å². The molecule has 3 nitrogen and oxygen atoms in total. The van der Waals surface area contributed by atoms with E-state index in [4.69, 9.17) is 17.0 Å². The lowest BCUT2D eigenvalue weighted by atomic mass is 9.92. The molecule has 2 aromatic carbocycles. The Morgan fingerprint density at radius 1 is 0.960 bits per heavy atom. The average molecular weight is 356 g/mol. The Bertz CT molecular complexity index is 723. The molecule has 0 aliphatic carbocycles. The van der Waals surface area contributed by atoms with E-state index in [1.165, 1.54) is 0 Å². The lowest BCUT2D eigenvalue weighted by Crippen LogP contribution is -2.55. The summed E-state index contributed by atoms with van der Waals surface area (Å²) in [5.41, 5.74) is 0.460. The molecule has 0 aliphatic rings. The van der Waals surface area contributed by atoms with Crippen LogP contribution in [0, 0.1) is 0 Å². The second kappa shape index (κ2) is 7.79. The van der Waals surface area contributed by atoms with E-state index in [1.54, 1.807) is 12.1 Å². The molecular weight excluding hydrogens is 330 g/mol. The van der Waals surface area contributed by atoms with E-state index in [0.29, 0.717) is 17.0 Å². The van der Waals surface area contributed by atoms with E-state index in [1.807, 2.05) is 76.2 Å². The van der Waals surface area contributed by atoms with Gasteiger partial charge in [0, 0.05) is 12.0 Å². The van der Waals surface area contributed by atoms with Crippen LogP contribution < -0.4 is 5.32 Å². The van der Waals surface area contributed by atoms with Gasteiger partial charge in [-0.3, -0.25) is 4.79 Å². The molecule has 0 aliphatic heterocycles. The molecule has 2 aromatic rings. The van der Waals surface area contributed by atoms with E-state index in [2.05, 4.69) is 5.32 Å². The van der Waals surface area contributed by atoms with Crippen molar-refractivity contribution in [2.45, 2.75) is 45.3 Å². The van der Waals surface area contributed by atoms with Gasteiger partial charge >= 0.3 is 0 Å². The van der Waals surface area contributed by atoms with E-state index in [9.17, 15) is 4.79 Å². The highest BCUT2D eigenvalue weighted by atomic mass is 32.1. The Morgan fingerprint density at radius 2 is 1.48 bits per heavy atom. The van der Waals surface area contributed by atoms with Crippen molar-refractivity contribution in [2.75, 3.05) is 0 Å². The molecule has 2 rings (SSSR count). The molecule has 132 valence electrons. The van der Waals surface area contributed by atoms with Crippen LogP contribution in [-0.4, -0.2) is 22.1 Å². The lowest BCUT2D eigenvalue weighted by Gasteiger charge is -2.35. The Hall–Kier alpha value is -2.20. The van der Waals surface area contributed by atoms with Crippen molar-refractivity contribution in [2.24, 2.45) is 0 Å². The van der Waals surface area contributed by atoms with Gasteiger partial charge in [0.25, 0.3) is 5.91 Å². The molecule has 0 unspecified atom stereocenters. The summed E-state index contributed by atoms with van der Waals surface area (Å²) in [4.78, 5) is 12.7. The minimum absolute atomic E-state index is 0.168. The second-order valence-electron chi connectivity index (χ2n) is 7.32. The minimum Gasteiger partial charge on any atom is -0.479 e. The van der Waals surface area contributed by atoms with Crippen molar-refractivity contribution in [3.8, 4) is 0 Å². The molecule has 0 radical (unpaired) electrons. The number of nitrogens with one attached hydrogen (secondary N) is 1. The fraction of sp³-hybridized carbons (Fsp3) is 0.333. The summed E-state index contributed by atoms with van der Waals surface area (Å²) in [6.45, 7) is 7.75. The summed E-state index contributed by atoms with van der Waals surface area (Å²) in [6, 6.07) is 19.1. The Labute approximate surface area is 155 Å². The van der Waals surface area contributed by atoms with Gasteiger partial charge in [-0.05, 0) is 57.6 Å². The van der Waals surface area contributed by atoms with E-state index >= 15 is 0 Å². The number of hydrogen-bond donors (Lipinski definition) is 1. The molecule has 0 saturated heterocycles. The SMILES string of the molecule is CC(C)(C)OC(=S)[C@@](C)(Cc1ccccc1)NC(=O)c1ccccc1. The predicted octanol–water partition coefficient (Wildman–Crippen LogP) is 4.56. The van der Waals surface area contributed by atoms with Crippen molar-refractivity contribution >= 4 is 23.2 Å². The Balaban J connectivity index is 2.27. The normalized spacial score (nSPS) is 13.6. The maximum atomic E-state index is 12.7. The van der Waals surface area contributed by atoms with Gasteiger partial charge in [-0.2, -0.15) is 0 Å². The van der Waals surface area contributed by atoms with Gasteiger partial charge in [-0.1, -0.05) is 48.5 Å². The molecule has 4 heteroatoms. The standard InChI is InChI=1S/C21H25NO2S/c1-20(2,3)24-19(25)21(4,15-16-11-7-5-8-12-16)22-18(23)17-13-9-6-10-14-17/h5-14H,15H2,1-4H3,(H,22,23)/t21-/m1/s1. The van der Waals surface area contributed by atoms with Crippen LogP contribution in [-0.2, 0) is 11.2 Å². The van der Waals surface area contributed by atoms with Crippen LogP contribution in [0.15, 0.2) is 60.7 Å². The first-order valence-electron chi connectivity index (χ1n) is 8.34. The quantitative estimate of drug-likeness (QED) is 0.799. The first-order valence-corrected chi connectivity index (χ1v) is 8.75. The predicted molar refractivity (Wildman–Crippen MR) is 106 cm³/mol. The smallest absolute Gasteiger partial charge is 0.252 e. The van der Waals surface area contributed by atoms with E-state index < -0.39 is 11.1 Å². The maximum absolute atomic E-state index is 12.7. The van der Waals surface area contributed by atoms with Crippen LogP contribution in [0.4, 0.5) is 0 Å². The Morgan fingerprint density at radius 3 is 2.00 bits per heavy atom. The number of carbonyl (C=O) groups is 1. The summed E-state index contributed by atoms with van der Waals surface area (Å²) in [6.07, 6.45) is 0.557. The van der Waals surface area contributed by atoms with Crippen molar-refractivity contribution in [1.82, 2.24) is 5.32 Å². The highest BCUT2D eigenvalue weighted by molar-refractivity contribution is 7.80. The van der Waals surface area contributed by atoms with Crippen LogP contribution in [0.1, 0.15) is 43.6 Å². The largest absolute Gasteiger partial charge is 0.479 e. The third kappa shape index (κ3) is 5.68. The average Bonchev–Trinajstić information content (AvgIpc) is 2.55. The molecule has 0 aromatic heterocycles. The summed E-state index contributed by atoms with van der Waals surface area (Å²) in [5, 5.41) is 3.46. The van der Waals surface area contributed by atoms with Crippen molar-refractivity contribution < 1.29 is 9.53 Å². The number of amides is 1. The van der Waals surface area contributed by atoms with Crippen LogP contribution in [0.3, 0.4) is 0 Å². The van der Waals surface area contributed by atoms with Gasteiger partial charge in [0.2, 0.25) is 0 Å². The number of hydrogen-bond acceptors (Lipinski definition) is 3. The minimum atomic E-state index is -0.795. The number of carbonyl (C=O) groups excluding carboxylic acids is 1. The zero-order valence-corrected chi connectivity index (χ0v) is 16.0. The fourth-order valence-corrected chi connectivity index (χ4v) is 2.85. The third-order valence-electron chi connectivity index (χ3n) is 3.68. The van der Waals surface area contributed by atoms with Gasteiger partial charge in [0.1, 0.15) is 11.1 Å². The first kappa shape index (κ1) is 19.1. The van der Waals surface area contributed by atoms with E-state index in [0.717, 1.165) is 5.56 Å². The lowest BCUT2D eigenvalue weighted by molar-refractivity contribution is 0.0858. The van der Waals surface area contributed by atoms with Gasteiger partial charge in [-0.15, -0.1) is 0 Å². The van der Waals surface area contributed by atoms with Crippen molar-refractivity contribution in [1.29, 1.82) is 0 Å². The fourth-order valence-electron chi connectivity index (χ4n) is 2.47. The van der Waals surface area contributed by atoms with Gasteiger partial charge < -0.3 is 10.1 Å². The molecule has 0 saturated carbocycles. The molecule has 1 atom stereocenters. The monoisotopic (exact) mass is 355 g/mol. The number of rotatable bonds is 5. The molecule has 0 fully saturated rings. The highest BCUT2D eigenvalue weighted by Gasteiger charge is 2.35. The molecular formula is C21H25NO2S. The van der Waals surface area contributed by atoms with E-state index in [-0.39, 0.29) is 5.91 Å². The van der Waals surface area contributed by atoms with Gasteiger partial charge in [0.05, 0.1) is 0 Å². The number of thiocarbonyl (C=S) groups is 1. The maximum Gasteiger partial charge on any atom is 0.252 e. The van der Waals surface area contributed by atoms with Gasteiger partial charge in [0.15, 0.2) is 5.05 Å². The number of ether oxygens (including phenoxy) is 1. The molecule has 0 bridgehead atoms. The molecule has 0 spiro atoms. The first-order chi connectivity index (χ1) is 11.7. The topological polar surface area (TPSA) is 38.3 Å². The number of benzene rings is 2. The van der Waals surface area contributed by atoms with Crippen LogP contribution in [0.2, 0.25) is 0 Å². The summed E-state index contributed by atoms with van der Waals surface area (Å²) in [5.74, 6) is -0.168. The van der Waals surface area contributed by atoms with Crippen LogP contribution in [0.5, 0.6) is 0 Å². The molecule has 1 amide bonds. The zero-order valence-electron chi connectivity index (χ0n) is 15.2. The summed E-state index contributed by atoms with van der Waals surface area (Å²) in [7, 11) is 0. The summed E-state index contributed by atoms with van der Waals surface area (Å²) < 4.78 is 5.93. The van der Waals surface area contributed by atoms with Crippen molar-refractivity contribution in [3.63, 3.8) is 0 Å². The molecule has 25 heavy (non-hydrogen) atoms. The second-order valence-corrected chi connectivity index (χ2v) is 7.69. The third-order valence-corrected chi connectivity index (χ3v) is 4.21. The Kier molecular flexibility index (Phi) is 5.96. The molecule has 1 N–H and O–H groups in total.